The third-order valence-electron chi connectivity index (χ3n) is 4.72. The summed E-state index contributed by atoms with van der Waals surface area (Å²) >= 11 is 0. The average Bonchev–Trinajstić information content (AvgIpc) is 3.08. The normalized spacial score (nSPS) is 19.2. The van der Waals surface area contributed by atoms with Gasteiger partial charge in [0.2, 0.25) is 5.91 Å². The van der Waals surface area contributed by atoms with Gasteiger partial charge in [-0.05, 0) is 49.4 Å². The van der Waals surface area contributed by atoms with Crippen molar-refractivity contribution in [1.29, 1.82) is 0 Å². The Morgan fingerprint density at radius 1 is 1.38 bits per heavy atom. The molecule has 5 heteroatoms. The minimum Gasteiger partial charge on any atom is -0.338 e. The Kier molecular flexibility index (Phi) is 5.28. The summed E-state index contributed by atoms with van der Waals surface area (Å²) in [4.78, 5) is 14.9. The minimum absolute atomic E-state index is 0.148. The van der Waals surface area contributed by atoms with Gasteiger partial charge in [-0.2, -0.15) is 5.10 Å². The van der Waals surface area contributed by atoms with Gasteiger partial charge in [0.25, 0.3) is 0 Å². The lowest BCUT2D eigenvalue weighted by Crippen LogP contribution is -2.48. The van der Waals surface area contributed by atoms with Crippen molar-refractivity contribution in [1.82, 2.24) is 14.7 Å². The van der Waals surface area contributed by atoms with Gasteiger partial charge in [-0.25, -0.2) is 4.39 Å². The van der Waals surface area contributed by atoms with Crippen molar-refractivity contribution in [2.24, 2.45) is 5.92 Å². The number of piperidine rings is 1. The highest BCUT2D eigenvalue weighted by molar-refractivity contribution is 5.79. The lowest BCUT2D eigenvalue weighted by atomic mass is 9.95. The van der Waals surface area contributed by atoms with Crippen molar-refractivity contribution in [3.8, 4) is 0 Å². The number of carbonyl (C=O) groups is 1. The van der Waals surface area contributed by atoms with Gasteiger partial charge in [-0.15, -0.1) is 0 Å². The molecular weight excluding hydrogens is 305 g/mol. The number of hydrogen-bond acceptors (Lipinski definition) is 2. The molecule has 1 amide bonds. The largest absolute Gasteiger partial charge is 0.338 e. The van der Waals surface area contributed by atoms with Gasteiger partial charge < -0.3 is 4.90 Å². The van der Waals surface area contributed by atoms with Gasteiger partial charge in [0, 0.05) is 24.9 Å². The van der Waals surface area contributed by atoms with E-state index in [0.717, 1.165) is 37.9 Å². The Labute approximate surface area is 142 Å². The molecule has 0 bridgehead atoms. The van der Waals surface area contributed by atoms with Gasteiger partial charge in [-0.1, -0.05) is 19.1 Å². The number of aromatic nitrogens is 2. The average molecular weight is 329 g/mol. The molecule has 2 aromatic rings. The van der Waals surface area contributed by atoms with Crippen LogP contribution < -0.4 is 0 Å². The number of rotatable bonds is 5. The molecule has 1 aromatic heterocycles. The summed E-state index contributed by atoms with van der Waals surface area (Å²) in [5, 5.41) is 4.26. The van der Waals surface area contributed by atoms with E-state index in [1.807, 2.05) is 34.8 Å². The Hall–Kier alpha value is -2.17. The van der Waals surface area contributed by atoms with Crippen molar-refractivity contribution in [2.75, 3.05) is 6.54 Å². The van der Waals surface area contributed by atoms with Crippen LogP contribution in [0.25, 0.3) is 0 Å². The van der Waals surface area contributed by atoms with E-state index in [9.17, 15) is 9.18 Å². The summed E-state index contributed by atoms with van der Waals surface area (Å²) in [6, 6.07) is 8.62. The highest BCUT2D eigenvalue weighted by Gasteiger charge is 2.30. The third-order valence-corrected chi connectivity index (χ3v) is 4.72. The summed E-state index contributed by atoms with van der Waals surface area (Å²) in [5.74, 6) is -0.234. The molecule has 0 spiro atoms. The second kappa shape index (κ2) is 7.60. The summed E-state index contributed by atoms with van der Waals surface area (Å²) in [5.41, 5.74) is 0.872. The molecule has 4 nitrogen and oxygen atoms in total. The molecule has 1 aromatic carbocycles. The molecule has 3 rings (SSSR count). The Morgan fingerprint density at radius 3 is 3.00 bits per heavy atom. The number of carbonyl (C=O) groups excluding carboxylic acids is 1. The van der Waals surface area contributed by atoms with Crippen LogP contribution in [-0.4, -0.2) is 33.2 Å². The first-order chi connectivity index (χ1) is 11.6. The molecule has 0 saturated carbocycles. The van der Waals surface area contributed by atoms with Gasteiger partial charge in [-0.3, -0.25) is 9.48 Å². The maximum absolute atomic E-state index is 13.3. The first-order valence-electron chi connectivity index (χ1n) is 8.66. The SMILES string of the molecule is C[C@H](Cc1cccc(F)c1)C(=O)N1CCCC[C@H]1Cn1cccn1. The van der Waals surface area contributed by atoms with Crippen LogP contribution in [0.3, 0.4) is 0 Å². The van der Waals surface area contributed by atoms with E-state index < -0.39 is 0 Å². The predicted molar refractivity (Wildman–Crippen MR) is 90.8 cm³/mol. The fraction of sp³-hybridized carbons (Fsp3) is 0.474. The molecule has 128 valence electrons. The molecule has 0 N–H and O–H groups in total. The third kappa shape index (κ3) is 4.02. The van der Waals surface area contributed by atoms with E-state index in [4.69, 9.17) is 0 Å². The molecule has 1 aliphatic rings. The van der Waals surface area contributed by atoms with Crippen molar-refractivity contribution < 1.29 is 9.18 Å². The zero-order chi connectivity index (χ0) is 16.9. The minimum atomic E-state index is -0.248. The Morgan fingerprint density at radius 2 is 2.25 bits per heavy atom. The first-order valence-corrected chi connectivity index (χ1v) is 8.66. The number of nitrogens with zero attached hydrogens (tertiary/aromatic N) is 3. The number of amides is 1. The van der Waals surface area contributed by atoms with Crippen LogP contribution in [0, 0.1) is 11.7 Å². The quantitative estimate of drug-likeness (QED) is 0.844. The van der Waals surface area contributed by atoms with E-state index in [0.29, 0.717) is 6.42 Å². The molecule has 1 aliphatic heterocycles. The molecular formula is C19H24FN3O. The second-order valence-corrected chi connectivity index (χ2v) is 6.64. The summed E-state index contributed by atoms with van der Waals surface area (Å²) in [7, 11) is 0. The highest BCUT2D eigenvalue weighted by Crippen LogP contribution is 2.22. The molecule has 2 heterocycles. The maximum atomic E-state index is 13.3. The smallest absolute Gasteiger partial charge is 0.226 e. The van der Waals surface area contributed by atoms with E-state index in [2.05, 4.69) is 5.10 Å². The fourth-order valence-corrected chi connectivity index (χ4v) is 3.49. The van der Waals surface area contributed by atoms with E-state index >= 15 is 0 Å². The van der Waals surface area contributed by atoms with E-state index in [1.165, 1.54) is 12.1 Å². The molecule has 1 saturated heterocycles. The molecule has 0 radical (unpaired) electrons. The summed E-state index contributed by atoms with van der Waals surface area (Å²) < 4.78 is 15.2. The van der Waals surface area contributed by atoms with Crippen LogP contribution in [0.4, 0.5) is 4.39 Å². The van der Waals surface area contributed by atoms with Crippen LogP contribution in [-0.2, 0) is 17.8 Å². The zero-order valence-electron chi connectivity index (χ0n) is 14.1. The van der Waals surface area contributed by atoms with Crippen molar-refractivity contribution in [3.63, 3.8) is 0 Å². The second-order valence-electron chi connectivity index (χ2n) is 6.64. The van der Waals surface area contributed by atoms with Crippen molar-refractivity contribution >= 4 is 5.91 Å². The van der Waals surface area contributed by atoms with Crippen LogP contribution in [0.2, 0.25) is 0 Å². The lowest BCUT2D eigenvalue weighted by Gasteiger charge is -2.37. The van der Waals surface area contributed by atoms with Crippen LogP contribution in [0.5, 0.6) is 0 Å². The number of benzene rings is 1. The van der Waals surface area contributed by atoms with Crippen molar-refractivity contribution in [3.05, 3.63) is 54.1 Å². The van der Waals surface area contributed by atoms with Crippen LogP contribution >= 0.6 is 0 Å². The standard InChI is InChI=1S/C19H24FN3O/c1-15(12-16-6-4-7-17(20)13-16)19(24)23-11-3-2-8-18(23)14-22-10-5-9-21-22/h4-7,9-10,13,15,18H,2-3,8,11-12,14H2,1H3/t15-,18+/m1/s1. The predicted octanol–water partition coefficient (Wildman–Crippen LogP) is 3.28. The number of halogens is 1. The Balaban J connectivity index is 1.66. The summed E-state index contributed by atoms with van der Waals surface area (Å²) in [6.07, 6.45) is 7.48. The lowest BCUT2D eigenvalue weighted by molar-refractivity contribution is -0.139. The van der Waals surface area contributed by atoms with Gasteiger partial charge >= 0.3 is 0 Å². The monoisotopic (exact) mass is 329 g/mol. The van der Waals surface area contributed by atoms with Gasteiger partial charge in [0.15, 0.2) is 0 Å². The van der Waals surface area contributed by atoms with Crippen LogP contribution in [0.1, 0.15) is 31.7 Å². The number of hydrogen-bond donors (Lipinski definition) is 0. The Bertz CT molecular complexity index is 671. The maximum Gasteiger partial charge on any atom is 0.226 e. The van der Waals surface area contributed by atoms with E-state index in [-0.39, 0.29) is 23.7 Å². The fourth-order valence-electron chi connectivity index (χ4n) is 3.49. The molecule has 0 unspecified atom stereocenters. The first kappa shape index (κ1) is 16.7. The van der Waals surface area contributed by atoms with Gasteiger partial charge in [0.05, 0.1) is 12.6 Å². The molecule has 2 atom stereocenters. The van der Waals surface area contributed by atoms with Crippen molar-refractivity contribution in [2.45, 2.75) is 45.2 Å². The topological polar surface area (TPSA) is 38.1 Å². The van der Waals surface area contributed by atoms with E-state index in [1.54, 1.807) is 12.3 Å². The molecule has 24 heavy (non-hydrogen) atoms. The van der Waals surface area contributed by atoms with Crippen LogP contribution in [0.15, 0.2) is 42.7 Å². The highest BCUT2D eigenvalue weighted by atomic mass is 19.1. The zero-order valence-corrected chi connectivity index (χ0v) is 14.1. The number of likely N-dealkylation sites (tertiary alicyclic amines) is 1. The molecule has 0 aliphatic carbocycles. The summed E-state index contributed by atoms with van der Waals surface area (Å²) in [6.45, 7) is 3.48. The van der Waals surface area contributed by atoms with Gasteiger partial charge in [0.1, 0.15) is 5.82 Å². The molecule has 1 fully saturated rings.